The van der Waals surface area contributed by atoms with E-state index in [1.54, 1.807) is 12.1 Å². The first kappa shape index (κ1) is 14.8. The van der Waals surface area contributed by atoms with Crippen LogP contribution in [0.25, 0.3) is 0 Å². The van der Waals surface area contributed by atoms with E-state index >= 15 is 0 Å². The van der Waals surface area contributed by atoms with Crippen LogP contribution in [0.5, 0.6) is 0 Å². The Bertz CT molecular complexity index is 734. The van der Waals surface area contributed by atoms with Crippen LogP contribution in [0, 0.1) is 5.82 Å². The summed E-state index contributed by atoms with van der Waals surface area (Å²) < 4.78 is 40.2. The number of hydrogen-bond donors (Lipinski definition) is 2. The molecular weight excluding hydrogens is 305 g/mol. The van der Waals surface area contributed by atoms with Gasteiger partial charge in [-0.15, -0.1) is 0 Å². The van der Waals surface area contributed by atoms with Crippen molar-refractivity contribution >= 4 is 27.3 Å². The number of halogens is 2. The fourth-order valence-electron chi connectivity index (χ4n) is 1.60. The number of benzene rings is 2. The summed E-state index contributed by atoms with van der Waals surface area (Å²) in [7, 11) is -4.12. The summed E-state index contributed by atoms with van der Waals surface area (Å²) >= 11 is 5.86. The number of hydrogen-bond acceptors (Lipinski definition) is 3. The molecule has 106 valence electrons. The van der Waals surface area contributed by atoms with Crippen LogP contribution in [0.3, 0.4) is 0 Å². The Hall–Kier alpha value is -1.63. The lowest BCUT2D eigenvalue weighted by Crippen LogP contribution is -2.15. The quantitative estimate of drug-likeness (QED) is 0.911. The maximum Gasteiger partial charge on any atom is 0.264 e. The molecule has 0 fully saturated rings. The third-order valence-corrected chi connectivity index (χ3v) is 4.30. The van der Waals surface area contributed by atoms with E-state index in [0.29, 0.717) is 5.56 Å². The lowest BCUT2D eigenvalue weighted by Gasteiger charge is -2.11. The van der Waals surface area contributed by atoms with Crippen molar-refractivity contribution in [3.05, 3.63) is 58.9 Å². The minimum Gasteiger partial charge on any atom is -0.392 e. The summed E-state index contributed by atoms with van der Waals surface area (Å²) in [5.74, 6) is -0.901. The third-order valence-electron chi connectivity index (χ3n) is 2.59. The van der Waals surface area contributed by atoms with Crippen LogP contribution >= 0.6 is 11.6 Å². The fourth-order valence-corrected chi connectivity index (χ4v) is 3.04. The minimum absolute atomic E-state index is 0.156. The van der Waals surface area contributed by atoms with Crippen molar-refractivity contribution in [3.8, 4) is 0 Å². The van der Waals surface area contributed by atoms with Crippen molar-refractivity contribution in [1.82, 2.24) is 0 Å². The van der Waals surface area contributed by atoms with Gasteiger partial charge in [0.25, 0.3) is 10.0 Å². The molecule has 0 heterocycles. The number of aliphatic hydroxyl groups is 1. The van der Waals surface area contributed by atoms with Crippen LogP contribution in [0.15, 0.2) is 47.4 Å². The monoisotopic (exact) mass is 315 g/mol. The van der Waals surface area contributed by atoms with Crippen LogP contribution in [0.4, 0.5) is 10.1 Å². The molecule has 0 saturated heterocycles. The summed E-state index contributed by atoms with van der Waals surface area (Å²) in [5.41, 5.74) is 0.453. The van der Waals surface area contributed by atoms with Crippen molar-refractivity contribution < 1.29 is 17.9 Å². The number of anilines is 1. The van der Waals surface area contributed by atoms with Crippen molar-refractivity contribution in [3.63, 3.8) is 0 Å². The summed E-state index contributed by atoms with van der Waals surface area (Å²) in [4.78, 5) is -0.538. The topological polar surface area (TPSA) is 66.4 Å². The van der Waals surface area contributed by atoms with E-state index in [9.17, 15) is 12.8 Å². The van der Waals surface area contributed by atoms with Crippen LogP contribution in [0.2, 0.25) is 5.02 Å². The van der Waals surface area contributed by atoms with Crippen molar-refractivity contribution in [1.29, 1.82) is 0 Å². The number of sulfonamides is 1. The van der Waals surface area contributed by atoms with Crippen LogP contribution in [-0.2, 0) is 16.6 Å². The molecule has 0 amide bonds. The third kappa shape index (κ3) is 3.09. The lowest BCUT2D eigenvalue weighted by atomic mass is 10.2. The highest BCUT2D eigenvalue weighted by atomic mass is 35.5. The number of aliphatic hydroxyl groups excluding tert-OH is 1. The van der Waals surface area contributed by atoms with E-state index in [2.05, 4.69) is 4.72 Å². The Morgan fingerprint density at radius 2 is 1.90 bits per heavy atom. The van der Waals surface area contributed by atoms with Crippen LogP contribution in [-0.4, -0.2) is 13.5 Å². The zero-order chi connectivity index (χ0) is 14.8. The lowest BCUT2D eigenvalue weighted by molar-refractivity contribution is 0.281. The maximum absolute atomic E-state index is 13.7. The predicted octanol–water partition coefficient (Wildman–Crippen LogP) is 2.77. The SMILES string of the molecule is O=S(=O)(Nc1ccccc1Cl)c1cc(CO)ccc1F. The molecule has 7 heteroatoms. The Balaban J connectivity index is 2.43. The van der Waals surface area contributed by atoms with Gasteiger partial charge in [-0.25, -0.2) is 12.8 Å². The van der Waals surface area contributed by atoms with Gasteiger partial charge < -0.3 is 5.11 Å². The molecule has 0 aromatic heterocycles. The average Bonchev–Trinajstić information content (AvgIpc) is 2.41. The van der Waals surface area contributed by atoms with Crippen molar-refractivity contribution in [2.45, 2.75) is 11.5 Å². The van der Waals surface area contributed by atoms with Crippen LogP contribution < -0.4 is 4.72 Å². The largest absolute Gasteiger partial charge is 0.392 e. The van der Waals surface area contributed by atoms with Crippen LogP contribution in [0.1, 0.15) is 5.56 Å². The molecule has 0 radical (unpaired) electrons. The van der Waals surface area contributed by atoms with Gasteiger partial charge in [-0.2, -0.15) is 0 Å². The van der Waals surface area contributed by atoms with Gasteiger partial charge in [0.2, 0.25) is 0 Å². The Labute approximate surface area is 120 Å². The molecule has 2 aromatic carbocycles. The first-order valence-corrected chi connectivity index (χ1v) is 7.47. The first-order valence-electron chi connectivity index (χ1n) is 5.60. The highest BCUT2D eigenvalue weighted by Gasteiger charge is 2.20. The van der Waals surface area contributed by atoms with Gasteiger partial charge in [0.05, 0.1) is 17.3 Å². The van der Waals surface area contributed by atoms with Gasteiger partial charge in [0.1, 0.15) is 10.7 Å². The van der Waals surface area contributed by atoms with Crippen molar-refractivity contribution in [2.75, 3.05) is 4.72 Å². The molecule has 2 N–H and O–H groups in total. The van der Waals surface area contributed by atoms with E-state index in [1.807, 2.05) is 0 Å². The van der Waals surface area contributed by atoms with E-state index < -0.39 is 20.7 Å². The summed E-state index contributed by atoms with van der Waals surface area (Å²) in [6.07, 6.45) is 0. The summed E-state index contributed by atoms with van der Waals surface area (Å²) in [6, 6.07) is 9.61. The standard InChI is InChI=1S/C13H11ClFNO3S/c14-10-3-1-2-4-12(10)16-20(18,19)13-7-9(8-17)5-6-11(13)15/h1-7,16-17H,8H2. The molecule has 0 saturated carbocycles. The smallest absolute Gasteiger partial charge is 0.264 e. The second-order valence-corrected chi connectivity index (χ2v) is 6.07. The molecule has 0 aliphatic carbocycles. The Morgan fingerprint density at radius 1 is 1.20 bits per heavy atom. The summed E-state index contributed by atoms with van der Waals surface area (Å²) in [5, 5.41) is 9.20. The Morgan fingerprint density at radius 3 is 2.55 bits per heavy atom. The predicted molar refractivity (Wildman–Crippen MR) is 74.6 cm³/mol. The molecule has 0 aliphatic rings. The molecular formula is C13H11ClFNO3S. The molecule has 0 bridgehead atoms. The molecule has 0 aliphatic heterocycles. The molecule has 0 unspecified atom stereocenters. The number of nitrogens with one attached hydrogen (secondary N) is 1. The van der Waals surface area contributed by atoms with E-state index in [0.717, 1.165) is 12.1 Å². The number of rotatable bonds is 4. The molecule has 2 rings (SSSR count). The van der Waals surface area contributed by atoms with Gasteiger partial charge in [0, 0.05) is 0 Å². The summed E-state index contributed by atoms with van der Waals surface area (Å²) in [6.45, 7) is -0.380. The van der Waals surface area contributed by atoms with E-state index in [-0.39, 0.29) is 17.3 Å². The zero-order valence-corrected chi connectivity index (χ0v) is 11.7. The molecule has 0 atom stereocenters. The van der Waals surface area contributed by atoms with Gasteiger partial charge in [0.15, 0.2) is 0 Å². The Kier molecular flexibility index (Phi) is 4.27. The van der Waals surface area contributed by atoms with Crippen molar-refractivity contribution in [2.24, 2.45) is 0 Å². The number of para-hydroxylation sites is 1. The highest BCUT2D eigenvalue weighted by molar-refractivity contribution is 7.92. The normalized spacial score (nSPS) is 11.3. The minimum atomic E-state index is -4.12. The molecule has 20 heavy (non-hydrogen) atoms. The average molecular weight is 316 g/mol. The maximum atomic E-state index is 13.7. The molecule has 2 aromatic rings. The fraction of sp³-hybridized carbons (Fsp3) is 0.0769. The second kappa shape index (κ2) is 5.78. The first-order chi connectivity index (χ1) is 9.44. The van der Waals surface area contributed by atoms with Gasteiger partial charge in [-0.05, 0) is 29.8 Å². The molecule has 0 spiro atoms. The second-order valence-electron chi connectivity index (χ2n) is 4.01. The van der Waals surface area contributed by atoms with Gasteiger partial charge >= 0.3 is 0 Å². The molecule has 4 nitrogen and oxygen atoms in total. The van der Waals surface area contributed by atoms with Gasteiger partial charge in [-0.3, -0.25) is 4.72 Å². The zero-order valence-electron chi connectivity index (χ0n) is 10.2. The van der Waals surface area contributed by atoms with Gasteiger partial charge in [-0.1, -0.05) is 29.8 Å². The van der Waals surface area contributed by atoms with E-state index in [4.69, 9.17) is 16.7 Å². The van der Waals surface area contributed by atoms with E-state index in [1.165, 1.54) is 18.2 Å². The highest BCUT2D eigenvalue weighted by Crippen LogP contribution is 2.25.